The molecule has 2 aromatic heterocycles. The lowest BCUT2D eigenvalue weighted by molar-refractivity contribution is -0.120. The van der Waals surface area contributed by atoms with Crippen LogP contribution in [-0.4, -0.2) is 20.7 Å². The second kappa shape index (κ2) is 9.19. The predicted molar refractivity (Wildman–Crippen MR) is 115 cm³/mol. The highest BCUT2D eigenvalue weighted by Gasteiger charge is 2.09. The van der Waals surface area contributed by atoms with Gasteiger partial charge in [0.15, 0.2) is 0 Å². The van der Waals surface area contributed by atoms with Crippen molar-refractivity contribution in [2.75, 3.05) is 0 Å². The predicted octanol–water partition coefficient (Wildman–Crippen LogP) is 4.57. The van der Waals surface area contributed by atoms with Gasteiger partial charge in [0, 0.05) is 35.1 Å². The smallest absolute Gasteiger partial charge is 0.226 e. The van der Waals surface area contributed by atoms with Gasteiger partial charge in [-0.3, -0.25) is 4.79 Å². The van der Waals surface area contributed by atoms with Crippen molar-refractivity contribution in [3.63, 3.8) is 0 Å². The lowest BCUT2D eigenvalue weighted by Crippen LogP contribution is -2.24. The number of carbonyl (C=O) groups is 1. The Morgan fingerprint density at radius 1 is 1.10 bits per heavy atom. The Bertz CT molecular complexity index is 1140. The molecule has 0 aliphatic heterocycles. The average molecular weight is 441 g/mol. The maximum absolute atomic E-state index is 13.0. The lowest BCUT2D eigenvalue weighted by Gasteiger charge is -2.02. The zero-order valence-electron chi connectivity index (χ0n) is 15.9. The van der Waals surface area contributed by atoms with E-state index in [-0.39, 0.29) is 18.1 Å². The zero-order chi connectivity index (χ0) is 20.9. The SMILES string of the molecule is O=C(Cc1csc(Cc2ccc(F)cc2)n1)NCc1cnn(-c2ccc(Cl)cc2)c1. The van der Waals surface area contributed by atoms with Crippen LogP contribution in [0.25, 0.3) is 5.69 Å². The van der Waals surface area contributed by atoms with Crippen LogP contribution in [0.3, 0.4) is 0 Å². The Hall–Kier alpha value is -3.03. The normalized spacial score (nSPS) is 10.9. The first-order valence-corrected chi connectivity index (χ1v) is 10.5. The third kappa shape index (κ3) is 5.31. The van der Waals surface area contributed by atoms with Crippen molar-refractivity contribution in [3.8, 4) is 5.69 Å². The van der Waals surface area contributed by atoms with Crippen molar-refractivity contribution in [3.05, 3.63) is 99.0 Å². The summed E-state index contributed by atoms with van der Waals surface area (Å²) < 4.78 is 14.7. The van der Waals surface area contributed by atoms with Crippen molar-refractivity contribution in [1.29, 1.82) is 0 Å². The van der Waals surface area contributed by atoms with Gasteiger partial charge in [-0.2, -0.15) is 5.10 Å². The fraction of sp³-hybridized carbons (Fsp3) is 0.136. The van der Waals surface area contributed by atoms with Crippen LogP contribution in [0.4, 0.5) is 4.39 Å². The van der Waals surface area contributed by atoms with E-state index in [4.69, 9.17) is 11.6 Å². The third-order valence-electron chi connectivity index (χ3n) is 4.43. The highest BCUT2D eigenvalue weighted by atomic mass is 35.5. The molecule has 0 bridgehead atoms. The van der Waals surface area contributed by atoms with E-state index in [2.05, 4.69) is 15.4 Å². The molecule has 0 radical (unpaired) electrons. The molecule has 0 spiro atoms. The number of hydrogen-bond acceptors (Lipinski definition) is 4. The van der Waals surface area contributed by atoms with Crippen molar-refractivity contribution in [1.82, 2.24) is 20.1 Å². The Balaban J connectivity index is 1.28. The molecule has 152 valence electrons. The fourth-order valence-corrected chi connectivity index (χ4v) is 3.86. The monoisotopic (exact) mass is 440 g/mol. The van der Waals surface area contributed by atoms with E-state index in [9.17, 15) is 9.18 Å². The van der Waals surface area contributed by atoms with Gasteiger partial charge >= 0.3 is 0 Å². The maximum Gasteiger partial charge on any atom is 0.226 e. The topological polar surface area (TPSA) is 59.8 Å². The van der Waals surface area contributed by atoms with Crippen LogP contribution >= 0.6 is 22.9 Å². The maximum atomic E-state index is 13.0. The number of thiazole rings is 1. The molecule has 0 atom stereocenters. The summed E-state index contributed by atoms with van der Waals surface area (Å²) in [6.45, 7) is 0.388. The molecule has 4 aromatic rings. The number of carbonyl (C=O) groups excluding carboxylic acids is 1. The molecule has 1 N–H and O–H groups in total. The first kappa shape index (κ1) is 20.3. The molecule has 0 aliphatic carbocycles. The van der Waals surface area contributed by atoms with E-state index < -0.39 is 0 Å². The summed E-state index contributed by atoms with van der Waals surface area (Å²) in [5.41, 5.74) is 3.51. The van der Waals surface area contributed by atoms with E-state index in [1.807, 2.05) is 23.7 Å². The highest BCUT2D eigenvalue weighted by molar-refractivity contribution is 7.09. The molecule has 0 saturated carbocycles. The van der Waals surface area contributed by atoms with Crippen LogP contribution in [0, 0.1) is 5.82 Å². The van der Waals surface area contributed by atoms with E-state index in [0.717, 1.165) is 27.5 Å². The van der Waals surface area contributed by atoms with Crippen LogP contribution in [0.2, 0.25) is 5.02 Å². The lowest BCUT2D eigenvalue weighted by atomic mass is 10.1. The highest BCUT2D eigenvalue weighted by Crippen LogP contribution is 2.16. The molecule has 0 aliphatic rings. The summed E-state index contributed by atoms with van der Waals surface area (Å²) >= 11 is 7.41. The second-order valence-electron chi connectivity index (χ2n) is 6.76. The number of benzene rings is 2. The molecule has 2 aromatic carbocycles. The zero-order valence-corrected chi connectivity index (χ0v) is 17.5. The number of hydrogen-bond donors (Lipinski definition) is 1. The quantitative estimate of drug-likeness (QED) is 0.458. The van der Waals surface area contributed by atoms with Gasteiger partial charge in [-0.1, -0.05) is 23.7 Å². The summed E-state index contributed by atoms with van der Waals surface area (Å²) in [7, 11) is 0. The molecule has 5 nitrogen and oxygen atoms in total. The molecule has 2 heterocycles. The van der Waals surface area contributed by atoms with Crippen molar-refractivity contribution in [2.24, 2.45) is 0 Å². The van der Waals surface area contributed by atoms with E-state index in [1.165, 1.54) is 23.5 Å². The minimum Gasteiger partial charge on any atom is -0.352 e. The molecule has 8 heteroatoms. The van der Waals surface area contributed by atoms with Crippen LogP contribution < -0.4 is 5.32 Å². The number of aromatic nitrogens is 3. The van der Waals surface area contributed by atoms with Gasteiger partial charge < -0.3 is 5.32 Å². The van der Waals surface area contributed by atoms with Crippen molar-refractivity contribution in [2.45, 2.75) is 19.4 Å². The molecular formula is C22H18ClFN4OS. The van der Waals surface area contributed by atoms with E-state index >= 15 is 0 Å². The van der Waals surface area contributed by atoms with Gasteiger partial charge in [0.2, 0.25) is 5.91 Å². The number of amides is 1. The minimum atomic E-state index is -0.256. The first-order valence-electron chi connectivity index (χ1n) is 9.29. The van der Waals surface area contributed by atoms with Crippen LogP contribution in [-0.2, 0) is 24.2 Å². The third-order valence-corrected chi connectivity index (χ3v) is 5.58. The Morgan fingerprint density at radius 2 is 1.87 bits per heavy atom. The van der Waals surface area contributed by atoms with E-state index in [1.54, 1.807) is 35.1 Å². The average Bonchev–Trinajstić information content (AvgIpc) is 3.38. The molecule has 30 heavy (non-hydrogen) atoms. The number of rotatable bonds is 7. The summed E-state index contributed by atoms with van der Waals surface area (Å²) in [5.74, 6) is -0.359. The summed E-state index contributed by atoms with van der Waals surface area (Å²) in [6, 6.07) is 13.7. The molecule has 1 amide bonds. The Morgan fingerprint density at radius 3 is 2.63 bits per heavy atom. The number of nitrogens with one attached hydrogen (secondary N) is 1. The molecule has 0 saturated heterocycles. The van der Waals surface area contributed by atoms with Gasteiger partial charge in [-0.05, 0) is 42.0 Å². The van der Waals surface area contributed by atoms with Gasteiger partial charge in [0.05, 0.1) is 29.0 Å². The summed E-state index contributed by atoms with van der Waals surface area (Å²) in [6.07, 6.45) is 4.42. The standard InChI is InChI=1S/C22H18ClFN4OS/c23-17-3-7-20(8-4-17)28-13-16(12-26-28)11-25-21(29)10-19-14-30-22(27-19)9-15-1-5-18(24)6-2-15/h1-8,12-14H,9-11H2,(H,25,29). The number of halogens is 2. The molecular weight excluding hydrogens is 423 g/mol. The van der Waals surface area contributed by atoms with Crippen molar-refractivity contribution < 1.29 is 9.18 Å². The Kier molecular flexibility index (Phi) is 6.21. The summed E-state index contributed by atoms with van der Waals surface area (Å²) in [5, 5.41) is 10.7. The van der Waals surface area contributed by atoms with Gasteiger partial charge in [-0.25, -0.2) is 14.1 Å². The largest absolute Gasteiger partial charge is 0.352 e. The second-order valence-corrected chi connectivity index (χ2v) is 8.14. The van der Waals surface area contributed by atoms with Crippen molar-refractivity contribution >= 4 is 28.8 Å². The molecule has 0 fully saturated rings. The Labute approximate surface area is 182 Å². The van der Waals surface area contributed by atoms with Crippen LogP contribution in [0.1, 0.15) is 21.8 Å². The van der Waals surface area contributed by atoms with Gasteiger partial charge in [-0.15, -0.1) is 11.3 Å². The minimum absolute atomic E-state index is 0.104. The fourth-order valence-electron chi connectivity index (χ4n) is 2.90. The first-order chi connectivity index (χ1) is 14.5. The van der Waals surface area contributed by atoms with Crippen LogP contribution in [0.5, 0.6) is 0 Å². The summed E-state index contributed by atoms with van der Waals surface area (Å²) in [4.78, 5) is 16.8. The molecule has 0 unspecified atom stereocenters. The van der Waals surface area contributed by atoms with Gasteiger partial charge in [0.1, 0.15) is 5.82 Å². The molecule has 4 rings (SSSR count). The van der Waals surface area contributed by atoms with Gasteiger partial charge in [0.25, 0.3) is 0 Å². The van der Waals surface area contributed by atoms with Crippen LogP contribution in [0.15, 0.2) is 66.3 Å². The number of nitrogens with zero attached hydrogens (tertiary/aromatic N) is 3. The van der Waals surface area contributed by atoms with E-state index in [0.29, 0.717) is 18.0 Å².